The number of rotatable bonds is 11. The Morgan fingerprint density at radius 1 is 1.07 bits per heavy atom. The first-order valence-electron chi connectivity index (χ1n) is 10.5. The van der Waals surface area contributed by atoms with Gasteiger partial charge in [-0.2, -0.15) is 0 Å². The molecule has 0 spiro atoms. The molecule has 0 radical (unpaired) electrons. The number of unbranched alkanes of at least 4 members (excludes halogenated alkanes) is 1. The summed E-state index contributed by atoms with van der Waals surface area (Å²) < 4.78 is 6.06. The number of aryl methyl sites for hydroxylation is 1. The van der Waals surface area contributed by atoms with Gasteiger partial charge in [0.05, 0.1) is 18.2 Å². The van der Waals surface area contributed by atoms with Gasteiger partial charge in [-0.15, -0.1) is 0 Å². The third-order valence-corrected chi connectivity index (χ3v) is 5.80. The summed E-state index contributed by atoms with van der Waals surface area (Å²) in [6.45, 7) is 0. The van der Waals surface area contributed by atoms with Crippen molar-refractivity contribution in [3.63, 3.8) is 0 Å². The molecule has 1 aromatic carbocycles. The van der Waals surface area contributed by atoms with Gasteiger partial charge in [-0.1, -0.05) is 42.5 Å². The number of fused-ring (bicyclic) bond motifs is 2. The SMILES string of the molecule is O=C(O)CCC/C=C\C[C@@H]1C(NC(=O)CCCc2ccccc2)[C@H]2CC[C@@H]1O2. The van der Waals surface area contributed by atoms with E-state index < -0.39 is 5.97 Å². The van der Waals surface area contributed by atoms with E-state index in [1.54, 1.807) is 0 Å². The van der Waals surface area contributed by atoms with Crippen LogP contribution < -0.4 is 5.32 Å². The highest BCUT2D eigenvalue weighted by Gasteiger charge is 2.48. The number of nitrogens with one attached hydrogen (secondary N) is 1. The van der Waals surface area contributed by atoms with E-state index in [-0.39, 0.29) is 30.6 Å². The Balaban J connectivity index is 1.41. The minimum Gasteiger partial charge on any atom is -0.481 e. The maximum absolute atomic E-state index is 12.4. The predicted octanol–water partition coefficient (Wildman–Crippen LogP) is 3.87. The summed E-state index contributed by atoms with van der Waals surface area (Å²) in [4.78, 5) is 23.0. The minimum absolute atomic E-state index is 0.103. The molecule has 2 aliphatic rings. The lowest BCUT2D eigenvalue weighted by Gasteiger charge is -2.28. The van der Waals surface area contributed by atoms with Crippen LogP contribution in [0.5, 0.6) is 0 Å². The summed E-state index contributed by atoms with van der Waals surface area (Å²) in [6, 6.07) is 10.4. The van der Waals surface area contributed by atoms with Crippen molar-refractivity contribution >= 4 is 11.9 Å². The molecule has 1 amide bonds. The van der Waals surface area contributed by atoms with Crippen LogP contribution in [0, 0.1) is 5.92 Å². The van der Waals surface area contributed by atoms with Crippen LogP contribution in [0.25, 0.3) is 0 Å². The number of carbonyl (C=O) groups is 2. The van der Waals surface area contributed by atoms with Crippen LogP contribution in [0.1, 0.15) is 56.9 Å². The summed E-state index contributed by atoms with van der Waals surface area (Å²) in [5.41, 5.74) is 1.27. The maximum atomic E-state index is 12.4. The third-order valence-electron chi connectivity index (χ3n) is 5.80. The number of allylic oxidation sites excluding steroid dienone is 2. The van der Waals surface area contributed by atoms with Gasteiger partial charge in [0.15, 0.2) is 0 Å². The van der Waals surface area contributed by atoms with Crippen molar-refractivity contribution in [3.05, 3.63) is 48.0 Å². The molecule has 5 nitrogen and oxygen atoms in total. The number of carbonyl (C=O) groups excluding carboxylic acids is 1. The zero-order chi connectivity index (χ0) is 19.8. The van der Waals surface area contributed by atoms with Gasteiger partial charge in [0.1, 0.15) is 0 Å². The van der Waals surface area contributed by atoms with Crippen LogP contribution in [0.15, 0.2) is 42.5 Å². The second kappa shape index (κ2) is 10.4. The molecule has 2 bridgehead atoms. The Kier molecular flexibility index (Phi) is 7.66. The molecule has 2 heterocycles. The van der Waals surface area contributed by atoms with Gasteiger partial charge in [0.2, 0.25) is 5.91 Å². The van der Waals surface area contributed by atoms with Crippen molar-refractivity contribution in [2.24, 2.45) is 5.92 Å². The molecule has 3 rings (SSSR count). The molecule has 2 saturated heterocycles. The van der Waals surface area contributed by atoms with E-state index in [0.29, 0.717) is 18.8 Å². The van der Waals surface area contributed by atoms with E-state index >= 15 is 0 Å². The standard InChI is InChI=1S/C23H31NO4/c25-21(13-8-11-17-9-4-3-5-10-17)24-23-18(19-15-16-20(23)28-19)12-6-1-2-7-14-22(26)27/h1,3-6,9-10,18-20,23H,2,7-8,11-16H2,(H,24,25)(H,26,27)/b6-1-/t18-,19-,20+,23?/m0/s1. The highest BCUT2D eigenvalue weighted by molar-refractivity contribution is 5.76. The first kappa shape index (κ1) is 20.6. The Bertz CT molecular complexity index is 672. The predicted molar refractivity (Wildman–Crippen MR) is 108 cm³/mol. The van der Waals surface area contributed by atoms with Crippen molar-refractivity contribution in [1.29, 1.82) is 0 Å². The lowest BCUT2D eigenvalue weighted by atomic mass is 9.82. The molecule has 2 aliphatic heterocycles. The number of ether oxygens (including phenoxy) is 1. The number of carboxylic acid groups (broad SMARTS) is 1. The lowest BCUT2D eigenvalue weighted by Crippen LogP contribution is -2.46. The summed E-state index contributed by atoms with van der Waals surface area (Å²) in [5, 5.41) is 11.9. The van der Waals surface area contributed by atoms with Crippen molar-refractivity contribution < 1.29 is 19.4 Å². The first-order valence-corrected chi connectivity index (χ1v) is 10.5. The Hall–Kier alpha value is -2.14. The molecule has 0 aliphatic carbocycles. The van der Waals surface area contributed by atoms with Crippen molar-refractivity contribution in [3.8, 4) is 0 Å². The summed E-state index contributed by atoms with van der Waals surface area (Å²) in [7, 11) is 0. The summed E-state index contributed by atoms with van der Waals surface area (Å²) in [6.07, 6.45) is 11.5. The number of amides is 1. The zero-order valence-corrected chi connectivity index (χ0v) is 16.4. The number of hydrogen-bond acceptors (Lipinski definition) is 3. The Labute approximate surface area is 167 Å². The molecule has 28 heavy (non-hydrogen) atoms. The molecular weight excluding hydrogens is 354 g/mol. The van der Waals surface area contributed by atoms with Crippen LogP contribution in [-0.2, 0) is 20.7 Å². The minimum atomic E-state index is -0.745. The number of aliphatic carboxylic acids is 1. The molecule has 152 valence electrons. The molecule has 5 heteroatoms. The quantitative estimate of drug-likeness (QED) is 0.448. The number of carboxylic acids is 1. The fourth-order valence-corrected chi connectivity index (χ4v) is 4.37. The monoisotopic (exact) mass is 385 g/mol. The fraction of sp³-hybridized carbons (Fsp3) is 0.565. The van der Waals surface area contributed by atoms with E-state index in [0.717, 1.165) is 38.5 Å². The first-order chi connectivity index (χ1) is 13.6. The lowest BCUT2D eigenvalue weighted by molar-refractivity contribution is -0.137. The maximum Gasteiger partial charge on any atom is 0.303 e. The molecule has 0 aromatic heterocycles. The molecule has 4 atom stereocenters. The van der Waals surface area contributed by atoms with Gasteiger partial charge in [-0.05, 0) is 50.5 Å². The highest BCUT2D eigenvalue weighted by Crippen LogP contribution is 2.41. The second-order valence-electron chi connectivity index (χ2n) is 7.88. The number of hydrogen-bond donors (Lipinski definition) is 2. The van der Waals surface area contributed by atoms with Crippen LogP contribution in [0.2, 0.25) is 0 Å². The van der Waals surface area contributed by atoms with Gasteiger partial charge in [-0.3, -0.25) is 9.59 Å². The molecule has 1 unspecified atom stereocenters. The number of benzene rings is 1. The van der Waals surface area contributed by atoms with Crippen LogP contribution in [0.3, 0.4) is 0 Å². The molecule has 1 aromatic rings. The van der Waals surface area contributed by atoms with Crippen LogP contribution in [0.4, 0.5) is 0 Å². The van der Waals surface area contributed by atoms with Gasteiger partial charge in [-0.25, -0.2) is 0 Å². The van der Waals surface area contributed by atoms with E-state index in [4.69, 9.17) is 9.84 Å². The zero-order valence-electron chi connectivity index (χ0n) is 16.4. The summed E-state index contributed by atoms with van der Waals surface area (Å²) in [5.74, 6) is -0.301. The Morgan fingerprint density at radius 2 is 1.86 bits per heavy atom. The normalized spacial score (nSPS) is 26.0. The van der Waals surface area contributed by atoms with E-state index in [2.05, 4.69) is 29.6 Å². The largest absolute Gasteiger partial charge is 0.481 e. The van der Waals surface area contributed by atoms with E-state index in [9.17, 15) is 9.59 Å². The van der Waals surface area contributed by atoms with E-state index in [1.807, 2.05) is 18.2 Å². The molecule has 2 N–H and O–H groups in total. The van der Waals surface area contributed by atoms with E-state index in [1.165, 1.54) is 5.56 Å². The van der Waals surface area contributed by atoms with Gasteiger partial charge in [0, 0.05) is 18.8 Å². The molecule has 2 fully saturated rings. The van der Waals surface area contributed by atoms with Crippen LogP contribution in [-0.4, -0.2) is 35.2 Å². The smallest absolute Gasteiger partial charge is 0.303 e. The van der Waals surface area contributed by atoms with Crippen molar-refractivity contribution in [2.75, 3.05) is 0 Å². The topological polar surface area (TPSA) is 75.6 Å². The fourth-order valence-electron chi connectivity index (χ4n) is 4.37. The Morgan fingerprint density at radius 3 is 2.64 bits per heavy atom. The summed E-state index contributed by atoms with van der Waals surface area (Å²) >= 11 is 0. The average molecular weight is 386 g/mol. The van der Waals surface area contributed by atoms with Gasteiger partial charge >= 0.3 is 5.97 Å². The third kappa shape index (κ3) is 5.93. The molecule has 0 saturated carbocycles. The van der Waals surface area contributed by atoms with Crippen molar-refractivity contribution in [2.45, 2.75) is 76.0 Å². The van der Waals surface area contributed by atoms with Crippen LogP contribution >= 0.6 is 0 Å². The van der Waals surface area contributed by atoms with Gasteiger partial charge < -0.3 is 15.2 Å². The second-order valence-corrected chi connectivity index (χ2v) is 7.88. The molecular formula is C23H31NO4. The van der Waals surface area contributed by atoms with Gasteiger partial charge in [0.25, 0.3) is 0 Å². The van der Waals surface area contributed by atoms with Crippen molar-refractivity contribution in [1.82, 2.24) is 5.32 Å². The average Bonchev–Trinajstić information content (AvgIpc) is 3.27. The highest BCUT2D eigenvalue weighted by atomic mass is 16.5.